The summed E-state index contributed by atoms with van der Waals surface area (Å²) in [6.45, 7) is 5.91. The van der Waals surface area contributed by atoms with Crippen LogP contribution in [-0.4, -0.2) is 39.1 Å². The molecule has 1 aromatic heterocycles. The number of aliphatic carboxylic acids is 1. The molecule has 0 unspecified atom stereocenters. The van der Waals surface area contributed by atoms with Crippen LogP contribution < -0.4 is 4.90 Å². The number of fused-ring (bicyclic) bond motifs is 1. The predicted octanol–water partition coefficient (Wildman–Crippen LogP) is 6.07. The average molecular weight is 493 g/mol. The normalized spacial score (nSPS) is 11.1. The molecule has 7 nitrogen and oxygen atoms in total. The Bertz CT molecular complexity index is 1230. The van der Waals surface area contributed by atoms with Gasteiger partial charge in [0.2, 0.25) is 5.91 Å². The number of phenols is 1. The molecule has 36 heavy (non-hydrogen) atoms. The van der Waals surface area contributed by atoms with E-state index in [9.17, 15) is 19.5 Å². The number of anilines is 1. The zero-order valence-electron chi connectivity index (χ0n) is 21.4. The van der Waals surface area contributed by atoms with Gasteiger partial charge >= 0.3 is 5.97 Å². The van der Waals surface area contributed by atoms with Crippen molar-refractivity contribution < 1.29 is 24.6 Å². The quantitative estimate of drug-likeness (QED) is 0.299. The molecule has 0 atom stereocenters. The number of rotatable bonds is 12. The van der Waals surface area contributed by atoms with Crippen molar-refractivity contribution in [1.29, 1.82) is 0 Å². The number of aromatic hydroxyl groups is 1. The molecule has 1 amide bonds. The van der Waals surface area contributed by atoms with Crippen molar-refractivity contribution in [2.45, 2.75) is 72.1 Å². The molecule has 1 heterocycles. The molecule has 192 valence electrons. The van der Waals surface area contributed by atoms with E-state index in [1.54, 1.807) is 27.7 Å². The zero-order valence-corrected chi connectivity index (χ0v) is 21.4. The number of unbranched alkanes of at least 4 members (excludes halogenated alkanes) is 4. The minimum atomic E-state index is -0.802. The van der Waals surface area contributed by atoms with Crippen molar-refractivity contribution in [2.75, 3.05) is 11.4 Å². The van der Waals surface area contributed by atoms with Crippen LogP contribution in [0.3, 0.4) is 0 Å². The smallest absolute Gasteiger partial charge is 0.303 e. The maximum atomic E-state index is 13.6. The summed E-state index contributed by atoms with van der Waals surface area (Å²) in [5.74, 6) is -1.08. The van der Waals surface area contributed by atoms with Gasteiger partial charge in [0.1, 0.15) is 5.75 Å². The molecule has 2 N–H and O–H groups in total. The fourth-order valence-electron chi connectivity index (χ4n) is 4.64. The second-order valence-corrected chi connectivity index (χ2v) is 9.31. The topological polar surface area (TPSA) is 99.8 Å². The summed E-state index contributed by atoms with van der Waals surface area (Å²) < 4.78 is 1.62. The first-order valence-electron chi connectivity index (χ1n) is 12.7. The van der Waals surface area contributed by atoms with Crippen LogP contribution in [0.5, 0.6) is 5.75 Å². The van der Waals surface area contributed by atoms with E-state index in [0.717, 1.165) is 32.1 Å². The Labute approximate surface area is 212 Å². The highest BCUT2D eigenvalue weighted by atomic mass is 16.4. The number of carbonyl (C=O) groups is 3. The van der Waals surface area contributed by atoms with Crippen LogP contribution in [0.25, 0.3) is 10.9 Å². The van der Waals surface area contributed by atoms with Crippen LogP contribution >= 0.6 is 0 Å². The van der Waals surface area contributed by atoms with Gasteiger partial charge in [0, 0.05) is 36.5 Å². The fraction of sp³-hybridized carbons (Fsp3) is 0.414. The third-order valence-electron chi connectivity index (χ3n) is 6.55. The highest BCUT2D eigenvalue weighted by Crippen LogP contribution is 2.36. The van der Waals surface area contributed by atoms with Crippen molar-refractivity contribution in [3.05, 3.63) is 59.3 Å². The van der Waals surface area contributed by atoms with Gasteiger partial charge in [0.05, 0.1) is 11.2 Å². The Morgan fingerprint density at radius 1 is 0.944 bits per heavy atom. The number of hydrogen-bond acceptors (Lipinski definition) is 4. The molecule has 0 spiro atoms. The standard InChI is InChI=1S/C29H36N2O5/c1-4-5-10-22-12-14-23(15-13-22)29(36)31-20(2)28(25-19-24(33)16-17-26(25)31)30(21(3)32)18-9-7-6-8-11-27(34)35/h12-17,19,33H,4-11,18H2,1-3H3,(H,34,35). The van der Waals surface area contributed by atoms with Crippen molar-refractivity contribution in [2.24, 2.45) is 0 Å². The van der Waals surface area contributed by atoms with Crippen LogP contribution in [0, 0.1) is 6.92 Å². The zero-order chi connectivity index (χ0) is 26.2. The van der Waals surface area contributed by atoms with Gasteiger partial charge in [-0.2, -0.15) is 0 Å². The van der Waals surface area contributed by atoms with Gasteiger partial charge in [-0.15, -0.1) is 0 Å². The summed E-state index contributed by atoms with van der Waals surface area (Å²) in [6.07, 6.45) is 6.20. The molecule has 0 aliphatic carbocycles. The molecule has 3 aromatic rings. The van der Waals surface area contributed by atoms with E-state index >= 15 is 0 Å². The molecule has 3 rings (SSSR count). The first-order chi connectivity index (χ1) is 17.2. The molecule has 2 aromatic carbocycles. The third kappa shape index (κ3) is 6.33. The number of nitrogens with zero attached hydrogens (tertiary/aromatic N) is 2. The van der Waals surface area contributed by atoms with Gasteiger partial charge < -0.3 is 15.1 Å². The minimum Gasteiger partial charge on any atom is -0.508 e. The highest BCUT2D eigenvalue weighted by Gasteiger charge is 2.25. The van der Waals surface area contributed by atoms with E-state index in [1.807, 2.05) is 31.2 Å². The van der Waals surface area contributed by atoms with Crippen LogP contribution in [-0.2, 0) is 16.0 Å². The lowest BCUT2D eigenvalue weighted by atomic mass is 10.1. The van der Waals surface area contributed by atoms with Crippen LogP contribution in [0.1, 0.15) is 80.4 Å². The van der Waals surface area contributed by atoms with Gasteiger partial charge in [-0.1, -0.05) is 38.3 Å². The first-order valence-corrected chi connectivity index (χ1v) is 12.7. The number of hydrogen-bond donors (Lipinski definition) is 2. The Balaban J connectivity index is 1.93. The van der Waals surface area contributed by atoms with Crippen LogP contribution in [0.4, 0.5) is 5.69 Å². The van der Waals surface area contributed by atoms with E-state index in [0.29, 0.717) is 47.2 Å². The molecule has 0 fully saturated rings. The summed E-state index contributed by atoms with van der Waals surface area (Å²) in [5, 5.41) is 19.7. The fourth-order valence-corrected chi connectivity index (χ4v) is 4.64. The Morgan fingerprint density at radius 2 is 1.64 bits per heavy atom. The van der Waals surface area contributed by atoms with E-state index < -0.39 is 5.97 Å². The number of benzene rings is 2. The average Bonchev–Trinajstić information content (AvgIpc) is 3.12. The molecular formula is C29H36N2O5. The summed E-state index contributed by atoms with van der Waals surface area (Å²) in [5.41, 5.74) is 3.64. The monoisotopic (exact) mass is 492 g/mol. The summed E-state index contributed by atoms with van der Waals surface area (Å²) >= 11 is 0. The van der Waals surface area contributed by atoms with E-state index in [4.69, 9.17) is 5.11 Å². The molecule has 0 aliphatic heterocycles. The molecule has 0 radical (unpaired) electrons. The Kier molecular flexibility index (Phi) is 9.28. The lowest BCUT2D eigenvalue weighted by Gasteiger charge is -2.22. The first kappa shape index (κ1) is 27.0. The lowest BCUT2D eigenvalue weighted by molar-refractivity contribution is -0.137. The van der Waals surface area contributed by atoms with Crippen LogP contribution in [0.2, 0.25) is 0 Å². The number of carboxylic acid groups (broad SMARTS) is 1. The molecule has 0 aliphatic rings. The Hall–Kier alpha value is -3.61. The summed E-state index contributed by atoms with van der Waals surface area (Å²) in [6, 6.07) is 12.5. The molecule has 0 bridgehead atoms. The highest BCUT2D eigenvalue weighted by molar-refractivity contribution is 6.11. The maximum absolute atomic E-state index is 13.6. The van der Waals surface area contributed by atoms with Gasteiger partial charge in [-0.3, -0.25) is 19.0 Å². The number of aryl methyl sites for hydroxylation is 1. The number of carboxylic acids is 1. The van der Waals surface area contributed by atoms with Crippen molar-refractivity contribution in [3.8, 4) is 5.75 Å². The summed E-state index contributed by atoms with van der Waals surface area (Å²) in [4.78, 5) is 38.7. The van der Waals surface area contributed by atoms with Crippen molar-refractivity contribution in [1.82, 2.24) is 4.57 Å². The lowest BCUT2D eigenvalue weighted by Crippen LogP contribution is -2.30. The maximum Gasteiger partial charge on any atom is 0.303 e. The van der Waals surface area contributed by atoms with E-state index in [2.05, 4.69) is 6.92 Å². The van der Waals surface area contributed by atoms with Gasteiger partial charge in [0.15, 0.2) is 0 Å². The van der Waals surface area contributed by atoms with E-state index in [-0.39, 0.29) is 24.0 Å². The number of phenolic OH excluding ortho intramolecular Hbond substituents is 1. The molecule has 0 saturated heterocycles. The SMILES string of the molecule is CCCCc1ccc(C(=O)n2c(C)c(N(CCCCCCC(=O)O)C(C)=O)c3cc(O)ccc32)cc1. The Morgan fingerprint density at radius 3 is 2.28 bits per heavy atom. The van der Waals surface area contributed by atoms with Crippen molar-refractivity contribution in [3.63, 3.8) is 0 Å². The number of carbonyl (C=O) groups excluding carboxylic acids is 2. The predicted molar refractivity (Wildman–Crippen MR) is 142 cm³/mol. The van der Waals surface area contributed by atoms with Gasteiger partial charge in [-0.25, -0.2) is 0 Å². The van der Waals surface area contributed by atoms with Gasteiger partial charge in [-0.05, 0) is 68.5 Å². The molecular weight excluding hydrogens is 456 g/mol. The molecule has 0 saturated carbocycles. The number of aromatic nitrogens is 1. The van der Waals surface area contributed by atoms with Gasteiger partial charge in [0.25, 0.3) is 5.91 Å². The van der Waals surface area contributed by atoms with E-state index in [1.165, 1.54) is 12.5 Å². The van der Waals surface area contributed by atoms with Crippen molar-refractivity contribution >= 4 is 34.4 Å². The van der Waals surface area contributed by atoms with Crippen LogP contribution in [0.15, 0.2) is 42.5 Å². The second-order valence-electron chi connectivity index (χ2n) is 9.31. The number of amides is 1. The third-order valence-corrected chi connectivity index (χ3v) is 6.55. The largest absolute Gasteiger partial charge is 0.508 e. The second kappa shape index (κ2) is 12.4. The summed E-state index contributed by atoms with van der Waals surface area (Å²) in [7, 11) is 0. The molecule has 7 heteroatoms. The minimum absolute atomic E-state index is 0.0609.